The molecule has 0 radical (unpaired) electrons. The Morgan fingerprint density at radius 2 is 1.78 bits per heavy atom. The number of rotatable bonds is 9. The molecule has 0 saturated carbocycles. The number of amidine groups is 1. The fourth-order valence-electron chi connectivity index (χ4n) is 3.46. The molecule has 10 nitrogen and oxygen atoms in total. The summed E-state index contributed by atoms with van der Waals surface area (Å²) in [6.07, 6.45) is 4.69. The third-order valence-electron chi connectivity index (χ3n) is 5.22. The van der Waals surface area contributed by atoms with Crippen LogP contribution in [-0.4, -0.2) is 53.2 Å². The van der Waals surface area contributed by atoms with Gasteiger partial charge in [-0.05, 0) is 78.4 Å². The summed E-state index contributed by atoms with van der Waals surface area (Å²) in [5, 5.41) is 28.9. The van der Waals surface area contributed by atoms with Crippen LogP contribution in [0, 0.1) is 0 Å². The SMILES string of the molecule is CCOc1cc(/C=N\N=C2\S/C(=C\c3cc(OC)c(O)c(OC)c3)C(=O)N2Cc2ccco2)ccc1O. The highest BCUT2D eigenvalue weighted by Crippen LogP contribution is 2.40. The van der Waals surface area contributed by atoms with Gasteiger partial charge in [0.05, 0.1) is 44.8 Å². The molecule has 2 N–H and O–H groups in total. The molecular formula is C26H25N3O7S. The molecule has 1 fully saturated rings. The fraction of sp³-hybridized carbons (Fsp3) is 0.192. The summed E-state index contributed by atoms with van der Waals surface area (Å²) in [6.45, 7) is 2.40. The van der Waals surface area contributed by atoms with Crippen LogP contribution < -0.4 is 14.2 Å². The number of phenols is 2. The minimum atomic E-state index is -0.287. The van der Waals surface area contributed by atoms with Crippen molar-refractivity contribution in [2.45, 2.75) is 13.5 Å². The summed E-state index contributed by atoms with van der Waals surface area (Å²) in [4.78, 5) is 15.2. The molecule has 2 heterocycles. The summed E-state index contributed by atoms with van der Waals surface area (Å²) in [5.74, 6) is 0.971. The maximum atomic E-state index is 13.3. The number of ether oxygens (including phenoxy) is 3. The van der Waals surface area contributed by atoms with E-state index in [0.29, 0.717) is 39.3 Å². The highest BCUT2D eigenvalue weighted by Gasteiger charge is 2.34. The average Bonchev–Trinajstić information content (AvgIpc) is 3.51. The lowest BCUT2D eigenvalue weighted by atomic mass is 10.1. The van der Waals surface area contributed by atoms with Crippen LogP contribution in [0.1, 0.15) is 23.8 Å². The smallest absolute Gasteiger partial charge is 0.267 e. The maximum Gasteiger partial charge on any atom is 0.267 e. The van der Waals surface area contributed by atoms with E-state index in [2.05, 4.69) is 10.2 Å². The second-order valence-corrected chi connectivity index (χ2v) is 8.65. The second kappa shape index (κ2) is 11.6. The number of nitrogens with zero attached hydrogens (tertiary/aromatic N) is 3. The third-order valence-corrected chi connectivity index (χ3v) is 6.21. The number of aromatic hydroxyl groups is 2. The van der Waals surface area contributed by atoms with Crippen LogP contribution in [0.5, 0.6) is 28.7 Å². The molecule has 0 aliphatic carbocycles. The first kappa shape index (κ1) is 25.7. The maximum absolute atomic E-state index is 13.3. The topological polar surface area (TPSA) is 126 Å². The Balaban J connectivity index is 1.65. The monoisotopic (exact) mass is 523 g/mol. The number of amides is 1. The van der Waals surface area contributed by atoms with E-state index in [1.807, 2.05) is 6.92 Å². The summed E-state index contributed by atoms with van der Waals surface area (Å²) in [7, 11) is 2.86. The van der Waals surface area contributed by atoms with Crippen molar-refractivity contribution in [3.05, 3.63) is 70.5 Å². The number of methoxy groups -OCH3 is 2. The number of hydrogen-bond acceptors (Lipinski definition) is 10. The van der Waals surface area contributed by atoms with Gasteiger partial charge in [-0.1, -0.05) is 0 Å². The Labute approximate surface area is 217 Å². The lowest BCUT2D eigenvalue weighted by Crippen LogP contribution is -2.28. The van der Waals surface area contributed by atoms with E-state index in [0.717, 1.165) is 11.8 Å². The molecule has 11 heteroatoms. The lowest BCUT2D eigenvalue weighted by molar-refractivity contribution is -0.122. The predicted octanol–water partition coefficient (Wildman–Crippen LogP) is 4.61. The quantitative estimate of drug-likeness (QED) is 0.237. The van der Waals surface area contributed by atoms with E-state index in [9.17, 15) is 15.0 Å². The zero-order valence-corrected chi connectivity index (χ0v) is 21.2. The van der Waals surface area contributed by atoms with Crippen molar-refractivity contribution >= 4 is 35.1 Å². The van der Waals surface area contributed by atoms with Crippen molar-refractivity contribution in [3.8, 4) is 28.7 Å². The zero-order chi connectivity index (χ0) is 26.4. The van der Waals surface area contributed by atoms with E-state index in [4.69, 9.17) is 18.6 Å². The van der Waals surface area contributed by atoms with Gasteiger partial charge in [0.1, 0.15) is 5.76 Å². The fourth-order valence-corrected chi connectivity index (χ4v) is 4.39. The minimum Gasteiger partial charge on any atom is -0.504 e. The van der Waals surface area contributed by atoms with Crippen LogP contribution in [0.4, 0.5) is 0 Å². The van der Waals surface area contributed by atoms with Gasteiger partial charge in [0.25, 0.3) is 5.91 Å². The number of hydrogen-bond donors (Lipinski definition) is 2. The normalized spacial score (nSPS) is 15.8. The van der Waals surface area contributed by atoms with Gasteiger partial charge in [-0.25, -0.2) is 0 Å². The van der Waals surface area contributed by atoms with E-state index >= 15 is 0 Å². The lowest BCUT2D eigenvalue weighted by Gasteiger charge is -2.12. The number of furan rings is 1. The van der Waals surface area contributed by atoms with Crippen molar-refractivity contribution in [2.75, 3.05) is 20.8 Å². The van der Waals surface area contributed by atoms with Gasteiger partial charge < -0.3 is 28.8 Å². The van der Waals surface area contributed by atoms with Gasteiger partial charge in [-0.3, -0.25) is 9.69 Å². The molecule has 1 saturated heterocycles. The molecule has 1 aliphatic rings. The summed E-state index contributed by atoms with van der Waals surface area (Å²) >= 11 is 1.15. The van der Waals surface area contributed by atoms with Crippen molar-refractivity contribution in [1.29, 1.82) is 0 Å². The Kier molecular flexibility index (Phi) is 8.04. The van der Waals surface area contributed by atoms with Gasteiger partial charge in [0, 0.05) is 0 Å². The van der Waals surface area contributed by atoms with Gasteiger partial charge in [-0.15, -0.1) is 5.10 Å². The first-order chi connectivity index (χ1) is 17.9. The standard InChI is InChI=1S/C26H25N3O7S/c1-4-35-20-10-16(7-8-19(20)30)14-27-28-26-29(15-18-6-5-9-36-18)25(32)23(37-26)13-17-11-21(33-2)24(31)22(12-17)34-3/h5-14,30-31H,4,15H2,1-3H3/b23-13-,27-14-,28-26+. The molecule has 2 aromatic carbocycles. The average molecular weight is 524 g/mol. The van der Waals surface area contributed by atoms with Crippen LogP contribution in [0.15, 0.2) is 68.3 Å². The Bertz CT molecular complexity index is 1340. The van der Waals surface area contributed by atoms with Crippen LogP contribution in [-0.2, 0) is 11.3 Å². The number of phenolic OH excluding ortho intramolecular Hbond substituents is 2. The minimum absolute atomic E-state index is 0.0316. The van der Waals surface area contributed by atoms with Crippen LogP contribution in [0.3, 0.4) is 0 Å². The van der Waals surface area contributed by atoms with E-state index in [1.54, 1.807) is 42.5 Å². The second-order valence-electron chi connectivity index (χ2n) is 7.64. The predicted molar refractivity (Wildman–Crippen MR) is 140 cm³/mol. The van der Waals surface area contributed by atoms with Crippen molar-refractivity contribution in [2.24, 2.45) is 10.2 Å². The Morgan fingerprint density at radius 3 is 2.43 bits per heavy atom. The first-order valence-corrected chi connectivity index (χ1v) is 12.0. The summed E-state index contributed by atoms with van der Waals surface area (Å²) < 4.78 is 21.3. The number of carbonyl (C=O) groups is 1. The molecule has 1 aliphatic heterocycles. The van der Waals surface area contributed by atoms with Crippen LogP contribution >= 0.6 is 11.8 Å². The molecule has 192 valence electrons. The van der Waals surface area contributed by atoms with E-state index in [1.165, 1.54) is 37.7 Å². The van der Waals surface area contributed by atoms with Gasteiger partial charge >= 0.3 is 0 Å². The van der Waals surface area contributed by atoms with E-state index in [-0.39, 0.29) is 35.4 Å². The molecule has 0 atom stereocenters. The molecule has 3 aromatic rings. The molecule has 0 unspecified atom stereocenters. The molecule has 1 amide bonds. The summed E-state index contributed by atoms with van der Waals surface area (Å²) in [6, 6.07) is 11.5. The summed E-state index contributed by atoms with van der Waals surface area (Å²) in [5.41, 5.74) is 1.26. The largest absolute Gasteiger partial charge is 0.504 e. The van der Waals surface area contributed by atoms with Gasteiger partial charge in [0.2, 0.25) is 5.75 Å². The molecule has 0 spiro atoms. The van der Waals surface area contributed by atoms with Crippen molar-refractivity contribution in [3.63, 3.8) is 0 Å². The van der Waals surface area contributed by atoms with Crippen LogP contribution in [0.2, 0.25) is 0 Å². The Hall–Kier alpha value is -4.38. The number of carbonyl (C=O) groups excluding carboxylic acids is 1. The third kappa shape index (κ3) is 5.89. The number of thioether (sulfide) groups is 1. The van der Waals surface area contributed by atoms with E-state index < -0.39 is 0 Å². The highest BCUT2D eigenvalue weighted by molar-refractivity contribution is 8.18. The van der Waals surface area contributed by atoms with Gasteiger partial charge in [0.15, 0.2) is 28.2 Å². The highest BCUT2D eigenvalue weighted by atomic mass is 32.2. The van der Waals surface area contributed by atoms with Crippen molar-refractivity contribution < 1.29 is 33.6 Å². The number of benzene rings is 2. The first-order valence-electron chi connectivity index (χ1n) is 11.2. The molecule has 37 heavy (non-hydrogen) atoms. The molecule has 0 bridgehead atoms. The zero-order valence-electron chi connectivity index (χ0n) is 20.4. The molecular weight excluding hydrogens is 498 g/mol. The van der Waals surface area contributed by atoms with Crippen LogP contribution in [0.25, 0.3) is 6.08 Å². The van der Waals surface area contributed by atoms with Gasteiger partial charge in [-0.2, -0.15) is 5.10 Å². The molecule has 4 rings (SSSR count). The molecule has 1 aromatic heterocycles. The van der Waals surface area contributed by atoms with Crippen molar-refractivity contribution in [1.82, 2.24) is 4.90 Å². The Morgan fingerprint density at radius 1 is 1.05 bits per heavy atom.